The molecule has 146 valence electrons. The first-order chi connectivity index (χ1) is 13.6. The molecule has 0 bridgehead atoms. The highest BCUT2D eigenvalue weighted by molar-refractivity contribution is 6.30. The van der Waals surface area contributed by atoms with Gasteiger partial charge >= 0.3 is 0 Å². The summed E-state index contributed by atoms with van der Waals surface area (Å²) in [6.45, 7) is 8.54. The maximum Gasteiger partial charge on any atom is 0.229 e. The molecule has 28 heavy (non-hydrogen) atoms. The standard InChI is InChI=1S/C22H25ClN4O/c1-4-27(5-2)21-14-16(3)24-22(26-21)25-19-10-12-20(13-11-19)28-15-17-6-8-18(23)9-7-17/h6-14H,4-5,15H2,1-3H3,(H,24,25,26). The van der Waals surface area contributed by atoms with Crippen LogP contribution in [-0.4, -0.2) is 23.1 Å². The third-order valence-electron chi connectivity index (χ3n) is 4.36. The number of hydrogen-bond donors (Lipinski definition) is 1. The largest absolute Gasteiger partial charge is 0.489 e. The summed E-state index contributed by atoms with van der Waals surface area (Å²) in [5.74, 6) is 2.33. The fourth-order valence-corrected chi connectivity index (χ4v) is 2.95. The van der Waals surface area contributed by atoms with Crippen LogP contribution in [0.2, 0.25) is 5.02 Å². The Hall–Kier alpha value is -2.79. The van der Waals surface area contributed by atoms with E-state index in [4.69, 9.17) is 16.3 Å². The quantitative estimate of drug-likeness (QED) is 0.536. The number of aryl methyl sites for hydroxylation is 1. The highest BCUT2D eigenvalue weighted by Gasteiger charge is 2.08. The first kappa shape index (κ1) is 20.0. The number of nitrogens with one attached hydrogen (secondary N) is 1. The van der Waals surface area contributed by atoms with Crippen molar-refractivity contribution >= 4 is 29.1 Å². The van der Waals surface area contributed by atoms with E-state index in [2.05, 4.69) is 34.0 Å². The Morgan fingerprint density at radius 3 is 2.29 bits per heavy atom. The van der Waals surface area contributed by atoms with Gasteiger partial charge in [0.15, 0.2) is 0 Å². The van der Waals surface area contributed by atoms with Gasteiger partial charge in [0.25, 0.3) is 0 Å². The number of anilines is 3. The highest BCUT2D eigenvalue weighted by atomic mass is 35.5. The fourth-order valence-electron chi connectivity index (χ4n) is 2.83. The average Bonchev–Trinajstić information content (AvgIpc) is 2.69. The molecule has 0 spiro atoms. The highest BCUT2D eigenvalue weighted by Crippen LogP contribution is 2.21. The van der Waals surface area contributed by atoms with E-state index in [9.17, 15) is 0 Å². The molecule has 0 aliphatic heterocycles. The lowest BCUT2D eigenvalue weighted by molar-refractivity contribution is 0.306. The summed E-state index contributed by atoms with van der Waals surface area (Å²) in [5.41, 5.74) is 2.92. The molecule has 0 fully saturated rings. The lowest BCUT2D eigenvalue weighted by atomic mass is 10.2. The average molecular weight is 397 g/mol. The van der Waals surface area contributed by atoms with Gasteiger partial charge in [0.1, 0.15) is 18.2 Å². The van der Waals surface area contributed by atoms with Crippen molar-refractivity contribution in [2.45, 2.75) is 27.4 Å². The van der Waals surface area contributed by atoms with Crippen molar-refractivity contribution < 1.29 is 4.74 Å². The van der Waals surface area contributed by atoms with E-state index in [1.165, 1.54) is 0 Å². The van der Waals surface area contributed by atoms with E-state index in [1.807, 2.05) is 61.5 Å². The molecule has 0 atom stereocenters. The maximum absolute atomic E-state index is 5.91. The van der Waals surface area contributed by atoms with E-state index in [1.54, 1.807) is 0 Å². The normalized spacial score (nSPS) is 10.6. The topological polar surface area (TPSA) is 50.3 Å². The molecule has 5 nitrogen and oxygen atoms in total. The monoisotopic (exact) mass is 396 g/mol. The first-order valence-corrected chi connectivity index (χ1v) is 9.80. The number of rotatable bonds is 8. The van der Waals surface area contributed by atoms with Gasteiger partial charge in [-0.3, -0.25) is 0 Å². The molecule has 2 aromatic carbocycles. The minimum atomic E-state index is 0.498. The lowest BCUT2D eigenvalue weighted by Gasteiger charge is -2.20. The molecule has 0 saturated carbocycles. The zero-order valence-corrected chi connectivity index (χ0v) is 17.2. The van der Waals surface area contributed by atoms with Gasteiger partial charge in [0.2, 0.25) is 5.95 Å². The zero-order valence-electron chi connectivity index (χ0n) is 16.4. The van der Waals surface area contributed by atoms with Crippen LogP contribution < -0.4 is 15.0 Å². The molecule has 0 radical (unpaired) electrons. The summed E-state index contributed by atoms with van der Waals surface area (Å²) < 4.78 is 5.83. The first-order valence-electron chi connectivity index (χ1n) is 9.42. The molecule has 0 amide bonds. The molecule has 0 aliphatic rings. The predicted molar refractivity (Wildman–Crippen MR) is 116 cm³/mol. The molecule has 3 rings (SSSR count). The molecular weight excluding hydrogens is 372 g/mol. The van der Waals surface area contributed by atoms with Crippen LogP contribution in [-0.2, 0) is 6.61 Å². The molecule has 0 aliphatic carbocycles. The summed E-state index contributed by atoms with van der Waals surface area (Å²) in [6.07, 6.45) is 0. The summed E-state index contributed by atoms with van der Waals surface area (Å²) in [5, 5.41) is 4.00. The van der Waals surface area contributed by atoms with E-state index in [0.29, 0.717) is 12.6 Å². The van der Waals surface area contributed by atoms with Crippen LogP contribution in [0.1, 0.15) is 25.1 Å². The Morgan fingerprint density at radius 1 is 0.964 bits per heavy atom. The van der Waals surface area contributed by atoms with Gasteiger partial charge in [-0.2, -0.15) is 4.98 Å². The van der Waals surface area contributed by atoms with Crippen LogP contribution in [0.25, 0.3) is 0 Å². The van der Waals surface area contributed by atoms with Gasteiger partial charge in [0, 0.05) is 35.6 Å². The molecule has 6 heteroatoms. The van der Waals surface area contributed by atoms with Crippen molar-refractivity contribution in [2.75, 3.05) is 23.3 Å². The summed E-state index contributed by atoms with van der Waals surface area (Å²) in [6, 6.07) is 17.4. The number of benzene rings is 2. The molecule has 1 heterocycles. The molecule has 0 saturated heterocycles. The molecule has 0 unspecified atom stereocenters. The second kappa shape index (κ2) is 9.42. The van der Waals surface area contributed by atoms with Crippen LogP contribution in [0.4, 0.5) is 17.5 Å². The van der Waals surface area contributed by atoms with Crippen LogP contribution >= 0.6 is 11.6 Å². The Balaban J connectivity index is 1.64. The Kier molecular flexibility index (Phi) is 6.71. The van der Waals surface area contributed by atoms with E-state index in [-0.39, 0.29) is 0 Å². The fraction of sp³-hybridized carbons (Fsp3) is 0.273. The molecule has 3 aromatic rings. The van der Waals surface area contributed by atoms with Crippen molar-refractivity contribution in [1.82, 2.24) is 9.97 Å². The minimum Gasteiger partial charge on any atom is -0.489 e. The van der Waals surface area contributed by atoms with Crippen molar-refractivity contribution in [1.29, 1.82) is 0 Å². The SMILES string of the molecule is CCN(CC)c1cc(C)nc(Nc2ccc(OCc3ccc(Cl)cc3)cc2)n1. The van der Waals surface area contributed by atoms with Crippen molar-refractivity contribution in [3.63, 3.8) is 0 Å². The number of nitrogens with zero attached hydrogens (tertiary/aromatic N) is 3. The van der Waals surface area contributed by atoms with E-state index in [0.717, 1.165) is 46.6 Å². The van der Waals surface area contributed by atoms with Gasteiger partial charge in [-0.1, -0.05) is 23.7 Å². The van der Waals surface area contributed by atoms with Gasteiger partial charge in [-0.05, 0) is 62.7 Å². The molecular formula is C22H25ClN4O. The van der Waals surface area contributed by atoms with Gasteiger partial charge in [-0.15, -0.1) is 0 Å². The second-order valence-electron chi connectivity index (χ2n) is 6.43. The smallest absolute Gasteiger partial charge is 0.229 e. The Bertz CT molecular complexity index is 893. The minimum absolute atomic E-state index is 0.498. The second-order valence-corrected chi connectivity index (χ2v) is 6.86. The maximum atomic E-state index is 5.91. The number of halogens is 1. The summed E-state index contributed by atoms with van der Waals surface area (Å²) in [4.78, 5) is 11.3. The van der Waals surface area contributed by atoms with Crippen molar-refractivity contribution in [2.24, 2.45) is 0 Å². The number of hydrogen-bond acceptors (Lipinski definition) is 5. The van der Waals surface area contributed by atoms with Crippen molar-refractivity contribution in [3.8, 4) is 5.75 Å². The zero-order chi connectivity index (χ0) is 19.9. The Labute approximate surface area is 171 Å². The van der Waals surface area contributed by atoms with E-state index < -0.39 is 0 Å². The van der Waals surface area contributed by atoms with Gasteiger partial charge in [-0.25, -0.2) is 4.98 Å². The van der Waals surface area contributed by atoms with Crippen molar-refractivity contribution in [3.05, 3.63) is 70.9 Å². The van der Waals surface area contributed by atoms with Crippen LogP contribution in [0.3, 0.4) is 0 Å². The Morgan fingerprint density at radius 2 is 1.64 bits per heavy atom. The third kappa shape index (κ3) is 5.36. The number of ether oxygens (including phenoxy) is 1. The van der Waals surface area contributed by atoms with Crippen LogP contribution in [0.15, 0.2) is 54.6 Å². The summed E-state index contributed by atoms with van der Waals surface area (Å²) in [7, 11) is 0. The summed E-state index contributed by atoms with van der Waals surface area (Å²) >= 11 is 5.91. The van der Waals surface area contributed by atoms with E-state index >= 15 is 0 Å². The lowest BCUT2D eigenvalue weighted by Crippen LogP contribution is -2.23. The van der Waals surface area contributed by atoms with Gasteiger partial charge in [0.05, 0.1) is 0 Å². The van der Waals surface area contributed by atoms with Gasteiger partial charge < -0.3 is 15.0 Å². The number of aromatic nitrogens is 2. The third-order valence-corrected chi connectivity index (χ3v) is 4.61. The van der Waals surface area contributed by atoms with Crippen LogP contribution in [0.5, 0.6) is 5.75 Å². The molecule has 1 N–H and O–H groups in total. The predicted octanol–water partition coefficient (Wildman–Crippen LogP) is 5.61. The molecule has 1 aromatic heterocycles. The van der Waals surface area contributed by atoms with Crippen LogP contribution in [0, 0.1) is 6.92 Å².